The van der Waals surface area contributed by atoms with Crippen LogP contribution >= 0.6 is 43.5 Å². The molecule has 1 rings (SSSR count). The number of alkyl halides is 1. The number of nitrogens with zero attached hydrogens (tertiary/aromatic N) is 1. The lowest BCUT2D eigenvalue weighted by Gasteiger charge is -2.30. The Hall–Kier alpha value is -0.0600. The number of carbonyl (C=O) groups is 1. The molecule has 0 N–H and O–H groups in total. The predicted molar refractivity (Wildman–Crippen MR) is 88.0 cm³/mol. The predicted octanol–water partition coefficient (Wildman–Crippen LogP) is 5.08. The first kappa shape index (κ1) is 17.0. The summed E-state index contributed by atoms with van der Waals surface area (Å²) in [4.78, 5) is 14.6. The fourth-order valence-electron chi connectivity index (χ4n) is 2.09. The Morgan fingerprint density at radius 3 is 2.47 bits per heavy atom. The van der Waals surface area contributed by atoms with E-state index in [4.69, 9.17) is 11.6 Å². The quantitative estimate of drug-likeness (QED) is 0.598. The van der Waals surface area contributed by atoms with E-state index in [9.17, 15) is 4.79 Å². The van der Waals surface area contributed by atoms with Gasteiger partial charge in [0.2, 0.25) is 0 Å². The molecule has 0 aliphatic rings. The second kappa shape index (κ2) is 8.28. The van der Waals surface area contributed by atoms with E-state index in [1.54, 1.807) is 0 Å². The van der Waals surface area contributed by atoms with Crippen molar-refractivity contribution in [1.29, 1.82) is 0 Å². The average Bonchev–Trinajstić information content (AvgIpc) is 2.41. The van der Waals surface area contributed by atoms with Crippen LogP contribution in [-0.4, -0.2) is 29.3 Å². The van der Waals surface area contributed by atoms with Crippen molar-refractivity contribution in [1.82, 2.24) is 4.90 Å². The minimum atomic E-state index is 0.0301. The van der Waals surface area contributed by atoms with Crippen molar-refractivity contribution in [3.63, 3.8) is 0 Å². The highest BCUT2D eigenvalue weighted by atomic mass is 79.9. The highest BCUT2D eigenvalue weighted by Crippen LogP contribution is 2.24. The number of benzene rings is 1. The third-order valence-electron chi connectivity index (χ3n) is 3.13. The molecular weight excluding hydrogens is 393 g/mol. The zero-order valence-corrected chi connectivity index (χ0v) is 15.1. The lowest BCUT2D eigenvalue weighted by molar-refractivity contribution is 0.0680. The number of carbonyl (C=O) groups excluding carboxylic acids is 1. The van der Waals surface area contributed by atoms with E-state index in [0.717, 1.165) is 21.8 Å². The van der Waals surface area contributed by atoms with Crippen LogP contribution in [0.4, 0.5) is 0 Å². The van der Waals surface area contributed by atoms with Crippen molar-refractivity contribution in [2.24, 2.45) is 0 Å². The average molecular weight is 412 g/mol. The standard InChI is InChI=1S/C14H18Br2ClNO/c1-3-11(4-2)18(8-7-17)14(19)12-9-10(15)5-6-13(12)16/h5-6,9,11H,3-4,7-8H2,1-2H3. The maximum absolute atomic E-state index is 12.7. The van der Waals surface area contributed by atoms with Gasteiger partial charge in [-0.2, -0.15) is 0 Å². The molecule has 0 saturated carbocycles. The Labute approximate surface area is 136 Å². The first-order valence-electron chi connectivity index (χ1n) is 6.37. The smallest absolute Gasteiger partial charge is 0.255 e. The van der Waals surface area contributed by atoms with Crippen LogP contribution in [0.3, 0.4) is 0 Å². The number of halogens is 3. The Kier molecular flexibility index (Phi) is 7.40. The molecule has 1 aromatic carbocycles. The number of hydrogen-bond acceptors (Lipinski definition) is 1. The zero-order chi connectivity index (χ0) is 14.4. The molecule has 0 atom stereocenters. The third-order valence-corrected chi connectivity index (χ3v) is 4.48. The van der Waals surface area contributed by atoms with Gasteiger partial charge in [0, 0.05) is 27.4 Å². The summed E-state index contributed by atoms with van der Waals surface area (Å²) in [5, 5.41) is 0. The van der Waals surface area contributed by atoms with Gasteiger partial charge in [-0.05, 0) is 47.0 Å². The van der Waals surface area contributed by atoms with E-state index in [1.807, 2.05) is 23.1 Å². The normalized spacial score (nSPS) is 10.8. The van der Waals surface area contributed by atoms with Crippen LogP contribution < -0.4 is 0 Å². The summed E-state index contributed by atoms with van der Waals surface area (Å²) in [5.74, 6) is 0.482. The number of rotatable bonds is 6. The second-order valence-corrected chi connectivity index (χ2v) is 6.43. The lowest BCUT2D eigenvalue weighted by Crippen LogP contribution is -2.41. The molecule has 0 heterocycles. The SMILES string of the molecule is CCC(CC)N(CCCl)C(=O)c1cc(Br)ccc1Br. The second-order valence-electron chi connectivity index (χ2n) is 4.28. The van der Waals surface area contributed by atoms with Gasteiger partial charge < -0.3 is 4.90 Å². The first-order chi connectivity index (χ1) is 9.04. The van der Waals surface area contributed by atoms with Gasteiger partial charge in [-0.15, -0.1) is 11.6 Å². The van der Waals surface area contributed by atoms with Crippen LogP contribution in [0.2, 0.25) is 0 Å². The van der Waals surface area contributed by atoms with Crippen molar-refractivity contribution < 1.29 is 4.79 Å². The van der Waals surface area contributed by atoms with Crippen LogP contribution in [0.5, 0.6) is 0 Å². The molecule has 0 radical (unpaired) electrons. The highest BCUT2D eigenvalue weighted by Gasteiger charge is 2.23. The summed E-state index contributed by atoms with van der Waals surface area (Å²) >= 11 is 12.7. The van der Waals surface area contributed by atoms with Crippen molar-refractivity contribution >= 4 is 49.4 Å². The largest absolute Gasteiger partial charge is 0.334 e. The summed E-state index contributed by atoms with van der Waals surface area (Å²) in [5.41, 5.74) is 0.673. The van der Waals surface area contributed by atoms with Gasteiger partial charge in [-0.25, -0.2) is 0 Å². The molecule has 0 aliphatic heterocycles. The third kappa shape index (κ3) is 4.47. The first-order valence-corrected chi connectivity index (χ1v) is 8.49. The van der Waals surface area contributed by atoms with Gasteiger partial charge in [-0.3, -0.25) is 4.79 Å². The van der Waals surface area contributed by atoms with Crippen molar-refractivity contribution in [2.75, 3.05) is 12.4 Å². The molecule has 0 saturated heterocycles. The van der Waals surface area contributed by atoms with Gasteiger partial charge in [0.15, 0.2) is 0 Å². The molecular formula is C14H18Br2ClNO. The summed E-state index contributed by atoms with van der Waals surface area (Å²) in [7, 11) is 0. The van der Waals surface area contributed by atoms with Crippen molar-refractivity contribution in [3.8, 4) is 0 Å². The molecule has 2 nitrogen and oxygen atoms in total. The molecule has 106 valence electrons. The summed E-state index contributed by atoms with van der Waals surface area (Å²) < 4.78 is 1.71. The monoisotopic (exact) mass is 409 g/mol. The van der Waals surface area contributed by atoms with Gasteiger partial charge >= 0.3 is 0 Å². The maximum Gasteiger partial charge on any atom is 0.255 e. The number of hydrogen-bond donors (Lipinski definition) is 0. The molecule has 0 fully saturated rings. The van der Waals surface area contributed by atoms with Gasteiger partial charge in [0.05, 0.1) is 5.56 Å². The molecule has 0 unspecified atom stereocenters. The molecule has 0 aromatic heterocycles. The summed E-state index contributed by atoms with van der Waals surface area (Å²) in [6.45, 7) is 4.77. The zero-order valence-electron chi connectivity index (χ0n) is 11.1. The molecule has 19 heavy (non-hydrogen) atoms. The highest BCUT2D eigenvalue weighted by molar-refractivity contribution is 9.11. The van der Waals surface area contributed by atoms with Crippen molar-refractivity contribution in [3.05, 3.63) is 32.7 Å². The van der Waals surface area contributed by atoms with E-state index in [0.29, 0.717) is 18.0 Å². The molecule has 1 aromatic rings. The minimum absolute atomic E-state index is 0.0301. The van der Waals surface area contributed by atoms with E-state index < -0.39 is 0 Å². The Morgan fingerprint density at radius 2 is 1.95 bits per heavy atom. The van der Waals surface area contributed by atoms with Gasteiger partial charge in [0.25, 0.3) is 5.91 Å². The Morgan fingerprint density at radius 1 is 1.32 bits per heavy atom. The topological polar surface area (TPSA) is 20.3 Å². The maximum atomic E-state index is 12.7. The van der Waals surface area contributed by atoms with Crippen LogP contribution in [0, 0.1) is 0 Å². The van der Waals surface area contributed by atoms with E-state index >= 15 is 0 Å². The fourth-order valence-corrected chi connectivity index (χ4v) is 3.05. The molecule has 0 spiro atoms. The van der Waals surface area contributed by atoms with E-state index in [1.165, 1.54) is 0 Å². The lowest BCUT2D eigenvalue weighted by atomic mass is 10.1. The van der Waals surface area contributed by atoms with Crippen LogP contribution in [0.1, 0.15) is 37.0 Å². The molecule has 1 amide bonds. The van der Waals surface area contributed by atoms with Crippen LogP contribution in [0.15, 0.2) is 27.1 Å². The Bertz CT molecular complexity index is 435. The van der Waals surface area contributed by atoms with Gasteiger partial charge in [0.1, 0.15) is 0 Å². The van der Waals surface area contributed by atoms with Crippen molar-refractivity contribution in [2.45, 2.75) is 32.7 Å². The molecule has 0 aliphatic carbocycles. The molecule has 0 bridgehead atoms. The van der Waals surface area contributed by atoms with Crippen LogP contribution in [-0.2, 0) is 0 Å². The molecule has 5 heteroatoms. The summed E-state index contributed by atoms with van der Waals surface area (Å²) in [6.07, 6.45) is 1.87. The van der Waals surface area contributed by atoms with E-state index in [2.05, 4.69) is 45.7 Å². The van der Waals surface area contributed by atoms with E-state index in [-0.39, 0.29) is 11.9 Å². The van der Waals surface area contributed by atoms with Crippen LogP contribution in [0.25, 0.3) is 0 Å². The summed E-state index contributed by atoms with van der Waals surface area (Å²) in [6, 6.07) is 5.86. The Balaban J connectivity index is 3.08. The van der Waals surface area contributed by atoms with Gasteiger partial charge in [-0.1, -0.05) is 29.8 Å². The minimum Gasteiger partial charge on any atom is -0.334 e. The number of amides is 1. The fraction of sp³-hybridized carbons (Fsp3) is 0.500.